The van der Waals surface area contributed by atoms with E-state index in [0.29, 0.717) is 47.8 Å². The summed E-state index contributed by atoms with van der Waals surface area (Å²) in [5.41, 5.74) is 1.06. The van der Waals surface area contributed by atoms with Gasteiger partial charge in [0, 0.05) is 12.2 Å². The average molecular weight is 379 g/mol. The Balaban J connectivity index is 1.60. The maximum absolute atomic E-state index is 12.9. The van der Waals surface area contributed by atoms with E-state index >= 15 is 0 Å². The van der Waals surface area contributed by atoms with Gasteiger partial charge in [0.2, 0.25) is 0 Å². The fourth-order valence-electron chi connectivity index (χ4n) is 3.85. The Kier molecular flexibility index (Phi) is 4.81. The first-order valence-corrected chi connectivity index (χ1v) is 9.37. The zero-order valence-electron chi connectivity index (χ0n) is 15.6. The third kappa shape index (κ3) is 3.24. The van der Waals surface area contributed by atoms with Crippen LogP contribution in [0, 0.1) is 5.92 Å². The van der Waals surface area contributed by atoms with E-state index in [1.807, 2.05) is 6.07 Å². The third-order valence-electron chi connectivity index (χ3n) is 5.39. The van der Waals surface area contributed by atoms with Crippen molar-refractivity contribution in [2.45, 2.75) is 31.7 Å². The van der Waals surface area contributed by atoms with Gasteiger partial charge in [0.1, 0.15) is 0 Å². The second-order valence-electron chi connectivity index (χ2n) is 7.09. The molecule has 7 heteroatoms. The molecular weight excluding hydrogens is 358 g/mol. The van der Waals surface area contributed by atoms with E-state index in [4.69, 9.17) is 4.74 Å². The van der Waals surface area contributed by atoms with Crippen molar-refractivity contribution in [2.24, 2.45) is 5.92 Å². The van der Waals surface area contributed by atoms with Crippen LogP contribution in [0.15, 0.2) is 47.4 Å². The molecule has 1 aromatic carbocycles. The Labute approximate surface area is 161 Å². The molecular formula is C21H21N3O4. The number of pyridine rings is 1. The van der Waals surface area contributed by atoms with Crippen molar-refractivity contribution >= 4 is 28.4 Å². The van der Waals surface area contributed by atoms with Crippen LogP contribution >= 0.6 is 0 Å². The first-order chi connectivity index (χ1) is 13.6. The van der Waals surface area contributed by atoms with E-state index in [9.17, 15) is 14.4 Å². The Morgan fingerprint density at radius 1 is 1.11 bits per heavy atom. The number of ether oxygens (including phenoxy) is 1. The van der Waals surface area contributed by atoms with Gasteiger partial charge < -0.3 is 10.1 Å². The fourth-order valence-corrected chi connectivity index (χ4v) is 3.85. The molecule has 1 aliphatic carbocycles. The van der Waals surface area contributed by atoms with E-state index in [1.165, 1.54) is 11.5 Å². The summed E-state index contributed by atoms with van der Waals surface area (Å²) in [6.07, 6.45) is 4.43. The minimum atomic E-state index is -0.262. The molecule has 0 spiro atoms. The lowest BCUT2D eigenvalue weighted by Gasteiger charge is -2.27. The standard InChI is InChI=1S/C21H21N3O4/c1-28-21(27)13-8-10-14(11-9-13)22-19(25)16-6-4-12-24-18(16)23-17-7-3-2-5-15(17)20(24)26/h2-7,12-14H,8-11H2,1H3,(H,22,25). The second-order valence-corrected chi connectivity index (χ2v) is 7.09. The molecule has 4 rings (SSSR count). The molecule has 1 amide bonds. The highest BCUT2D eigenvalue weighted by Gasteiger charge is 2.28. The zero-order chi connectivity index (χ0) is 19.7. The van der Waals surface area contributed by atoms with Crippen LogP contribution < -0.4 is 10.9 Å². The van der Waals surface area contributed by atoms with Crippen molar-refractivity contribution in [1.82, 2.24) is 14.7 Å². The Morgan fingerprint density at radius 3 is 2.61 bits per heavy atom. The maximum atomic E-state index is 12.9. The predicted molar refractivity (Wildman–Crippen MR) is 104 cm³/mol. The van der Waals surface area contributed by atoms with Crippen molar-refractivity contribution in [3.05, 3.63) is 58.5 Å². The molecule has 28 heavy (non-hydrogen) atoms. The molecule has 1 N–H and O–H groups in total. The summed E-state index contributed by atoms with van der Waals surface area (Å²) in [5.74, 6) is -0.543. The molecule has 0 saturated heterocycles. The number of hydrogen-bond acceptors (Lipinski definition) is 5. The lowest BCUT2D eigenvalue weighted by atomic mass is 9.86. The summed E-state index contributed by atoms with van der Waals surface area (Å²) in [5, 5.41) is 3.54. The number of para-hydroxylation sites is 1. The number of nitrogens with one attached hydrogen (secondary N) is 1. The molecule has 0 atom stereocenters. The molecule has 3 aromatic rings. The van der Waals surface area contributed by atoms with Crippen LogP contribution in [0.4, 0.5) is 0 Å². The average Bonchev–Trinajstić information content (AvgIpc) is 2.73. The van der Waals surface area contributed by atoms with E-state index in [1.54, 1.807) is 36.5 Å². The van der Waals surface area contributed by atoms with Gasteiger partial charge in [-0.25, -0.2) is 4.98 Å². The molecule has 0 unspecified atom stereocenters. The highest BCUT2D eigenvalue weighted by Crippen LogP contribution is 2.25. The number of rotatable bonds is 3. The van der Waals surface area contributed by atoms with E-state index in [2.05, 4.69) is 10.3 Å². The van der Waals surface area contributed by atoms with E-state index < -0.39 is 0 Å². The van der Waals surface area contributed by atoms with Crippen LogP contribution in [0.1, 0.15) is 36.0 Å². The van der Waals surface area contributed by atoms with Crippen LogP contribution in [0.5, 0.6) is 0 Å². The van der Waals surface area contributed by atoms with Gasteiger partial charge >= 0.3 is 5.97 Å². The molecule has 2 heterocycles. The summed E-state index contributed by atoms with van der Waals surface area (Å²) < 4.78 is 6.21. The van der Waals surface area contributed by atoms with Crippen LogP contribution in [0.25, 0.3) is 16.6 Å². The van der Waals surface area contributed by atoms with Crippen molar-refractivity contribution < 1.29 is 14.3 Å². The largest absolute Gasteiger partial charge is 0.469 e. The van der Waals surface area contributed by atoms with Crippen LogP contribution in [-0.2, 0) is 9.53 Å². The van der Waals surface area contributed by atoms with Gasteiger partial charge in [-0.3, -0.25) is 18.8 Å². The normalized spacial score (nSPS) is 19.5. The number of amides is 1. The van der Waals surface area contributed by atoms with Gasteiger partial charge in [-0.15, -0.1) is 0 Å². The summed E-state index contributed by atoms with van der Waals surface area (Å²) in [6.45, 7) is 0. The van der Waals surface area contributed by atoms with Gasteiger partial charge in [-0.2, -0.15) is 0 Å². The molecule has 1 saturated carbocycles. The Hall–Kier alpha value is -3.22. The fraction of sp³-hybridized carbons (Fsp3) is 0.333. The number of methoxy groups -OCH3 is 1. The minimum Gasteiger partial charge on any atom is -0.469 e. The van der Waals surface area contributed by atoms with Crippen molar-refractivity contribution in [3.63, 3.8) is 0 Å². The molecule has 0 radical (unpaired) electrons. The highest BCUT2D eigenvalue weighted by molar-refractivity contribution is 6.00. The quantitative estimate of drug-likeness (QED) is 0.557. The van der Waals surface area contributed by atoms with Crippen LogP contribution in [0.2, 0.25) is 0 Å². The smallest absolute Gasteiger partial charge is 0.308 e. The number of hydrogen-bond donors (Lipinski definition) is 1. The monoisotopic (exact) mass is 379 g/mol. The molecule has 7 nitrogen and oxygen atoms in total. The lowest BCUT2D eigenvalue weighted by Crippen LogP contribution is -2.39. The number of benzene rings is 1. The van der Waals surface area contributed by atoms with Crippen LogP contribution in [0.3, 0.4) is 0 Å². The summed E-state index contributed by atoms with van der Waals surface area (Å²) in [6, 6.07) is 10.4. The summed E-state index contributed by atoms with van der Waals surface area (Å²) >= 11 is 0. The molecule has 0 bridgehead atoms. The number of aromatic nitrogens is 2. The molecule has 2 aromatic heterocycles. The second kappa shape index (κ2) is 7.42. The maximum Gasteiger partial charge on any atom is 0.308 e. The van der Waals surface area contributed by atoms with Crippen LogP contribution in [-0.4, -0.2) is 34.4 Å². The molecule has 144 valence electrons. The number of fused-ring (bicyclic) bond motifs is 2. The van der Waals surface area contributed by atoms with Gasteiger partial charge in [-0.05, 0) is 49.9 Å². The van der Waals surface area contributed by atoms with Crippen molar-refractivity contribution in [2.75, 3.05) is 7.11 Å². The first-order valence-electron chi connectivity index (χ1n) is 9.37. The first kappa shape index (κ1) is 18.2. The number of esters is 1. The topological polar surface area (TPSA) is 89.8 Å². The van der Waals surface area contributed by atoms with Gasteiger partial charge in [0.05, 0.1) is 29.5 Å². The van der Waals surface area contributed by atoms with E-state index in [0.717, 1.165) is 0 Å². The van der Waals surface area contributed by atoms with E-state index in [-0.39, 0.29) is 29.4 Å². The summed E-state index contributed by atoms with van der Waals surface area (Å²) in [7, 11) is 1.40. The zero-order valence-corrected chi connectivity index (χ0v) is 15.6. The number of carbonyl (C=O) groups is 2. The predicted octanol–water partition coefficient (Wildman–Crippen LogP) is 2.31. The Morgan fingerprint density at radius 2 is 1.86 bits per heavy atom. The molecule has 1 fully saturated rings. The highest BCUT2D eigenvalue weighted by atomic mass is 16.5. The van der Waals surface area contributed by atoms with Crippen molar-refractivity contribution in [1.29, 1.82) is 0 Å². The number of carbonyl (C=O) groups excluding carboxylic acids is 2. The molecule has 1 aliphatic rings. The van der Waals surface area contributed by atoms with Gasteiger partial charge in [0.15, 0.2) is 5.65 Å². The minimum absolute atomic E-state index is 0.0131. The number of nitrogens with zero attached hydrogens (tertiary/aromatic N) is 2. The Bertz CT molecular complexity index is 1110. The SMILES string of the molecule is COC(=O)C1CCC(NC(=O)c2cccn3c(=O)c4ccccc4nc23)CC1. The van der Waals surface area contributed by atoms with Crippen molar-refractivity contribution in [3.8, 4) is 0 Å². The third-order valence-corrected chi connectivity index (χ3v) is 5.39. The lowest BCUT2D eigenvalue weighted by molar-refractivity contribution is -0.146. The van der Waals surface area contributed by atoms with Gasteiger partial charge in [0.25, 0.3) is 11.5 Å². The van der Waals surface area contributed by atoms with Gasteiger partial charge in [-0.1, -0.05) is 12.1 Å². The summed E-state index contributed by atoms with van der Waals surface area (Å²) in [4.78, 5) is 41.8. The molecule has 0 aliphatic heterocycles.